The van der Waals surface area contributed by atoms with Gasteiger partial charge in [-0.2, -0.15) is 5.10 Å². The third-order valence-corrected chi connectivity index (χ3v) is 3.20. The van der Waals surface area contributed by atoms with Gasteiger partial charge in [0.05, 0.1) is 17.3 Å². The molecule has 0 amide bonds. The Morgan fingerprint density at radius 3 is 2.86 bits per heavy atom. The van der Waals surface area contributed by atoms with Crippen LogP contribution in [0.5, 0.6) is 0 Å². The van der Waals surface area contributed by atoms with Crippen molar-refractivity contribution in [2.45, 2.75) is 6.92 Å². The molecule has 0 aliphatic rings. The fourth-order valence-corrected chi connectivity index (χ4v) is 1.99. The molecule has 0 spiro atoms. The number of nitrogens with one attached hydrogen (secondary N) is 1. The minimum Gasteiger partial charge on any atom is -0.396 e. The van der Waals surface area contributed by atoms with Gasteiger partial charge in [0.1, 0.15) is 12.1 Å². The summed E-state index contributed by atoms with van der Waals surface area (Å²) in [5.74, 6) is 0.880. The van der Waals surface area contributed by atoms with Crippen LogP contribution in [0.25, 0.3) is 16.7 Å². The molecule has 1 atom stereocenters. The number of aliphatic hydroxyl groups excluding tert-OH is 1. The number of aliphatic hydroxyl groups is 1. The fraction of sp³-hybridized carbons (Fsp3) is 0.286. The van der Waals surface area contributed by atoms with Gasteiger partial charge in [-0.1, -0.05) is 6.92 Å². The molecule has 3 heterocycles. The van der Waals surface area contributed by atoms with E-state index in [1.807, 2.05) is 19.1 Å². The molecule has 0 aliphatic carbocycles. The molecular formula is C14H16N6O. The highest BCUT2D eigenvalue weighted by atomic mass is 16.3. The Morgan fingerprint density at radius 1 is 1.29 bits per heavy atom. The zero-order valence-corrected chi connectivity index (χ0v) is 11.6. The van der Waals surface area contributed by atoms with E-state index in [4.69, 9.17) is 5.11 Å². The normalized spacial score (nSPS) is 12.5. The maximum atomic E-state index is 9.08. The lowest BCUT2D eigenvalue weighted by Gasteiger charge is -2.10. The molecule has 0 saturated carbocycles. The van der Waals surface area contributed by atoms with Crippen LogP contribution < -0.4 is 5.32 Å². The lowest BCUT2D eigenvalue weighted by molar-refractivity contribution is 0.244. The highest BCUT2D eigenvalue weighted by Crippen LogP contribution is 2.21. The molecule has 0 bridgehead atoms. The highest BCUT2D eigenvalue weighted by molar-refractivity contribution is 5.87. The Hall–Kier alpha value is -2.54. The molecule has 21 heavy (non-hydrogen) atoms. The molecule has 0 fully saturated rings. The van der Waals surface area contributed by atoms with Gasteiger partial charge in [0.25, 0.3) is 0 Å². The van der Waals surface area contributed by atoms with Crippen molar-refractivity contribution in [2.24, 2.45) is 5.92 Å². The number of nitrogens with zero attached hydrogens (tertiary/aromatic N) is 5. The van der Waals surface area contributed by atoms with Crippen LogP contribution in [-0.4, -0.2) is 43.0 Å². The number of anilines is 1. The van der Waals surface area contributed by atoms with E-state index in [0.29, 0.717) is 6.54 Å². The van der Waals surface area contributed by atoms with Gasteiger partial charge in [0.15, 0.2) is 5.65 Å². The van der Waals surface area contributed by atoms with E-state index in [0.717, 1.165) is 22.5 Å². The third kappa shape index (κ3) is 2.68. The van der Waals surface area contributed by atoms with E-state index in [1.54, 1.807) is 23.3 Å². The summed E-state index contributed by atoms with van der Waals surface area (Å²) in [4.78, 5) is 12.6. The van der Waals surface area contributed by atoms with Crippen LogP contribution in [0.3, 0.4) is 0 Å². The average Bonchev–Trinajstić information content (AvgIpc) is 2.98. The largest absolute Gasteiger partial charge is 0.396 e. The summed E-state index contributed by atoms with van der Waals surface area (Å²) in [5.41, 5.74) is 1.63. The summed E-state index contributed by atoms with van der Waals surface area (Å²) in [6.07, 6.45) is 6.67. The van der Waals surface area contributed by atoms with E-state index < -0.39 is 0 Å². The van der Waals surface area contributed by atoms with Gasteiger partial charge in [0.2, 0.25) is 0 Å². The molecular weight excluding hydrogens is 268 g/mol. The van der Waals surface area contributed by atoms with Crippen molar-refractivity contribution in [3.63, 3.8) is 0 Å². The Balaban J connectivity index is 1.97. The fourth-order valence-electron chi connectivity index (χ4n) is 1.99. The zero-order valence-electron chi connectivity index (χ0n) is 11.6. The predicted octanol–water partition coefficient (Wildman–Crippen LogP) is 1.25. The first-order valence-electron chi connectivity index (χ1n) is 6.73. The highest BCUT2D eigenvalue weighted by Gasteiger charge is 2.11. The summed E-state index contributed by atoms with van der Waals surface area (Å²) in [5, 5.41) is 17.5. The van der Waals surface area contributed by atoms with Gasteiger partial charge in [-0.3, -0.25) is 4.98 Å². The van der Waals surface area contributed by atoms with Gasteiger partial charge >= 0.3 is 0 Å². The van der Waals surface area contributed by atoms with Crippen molar-refractivity contribution in [3.05, 3.63) is 37.1 Å². The lowest BCUT2D eigenvalue weighted by atomic mass is 10.2. The SMILES string of the molecule is CC(CO)CNc1ncnc2c1cnn2-c1ccncc1. The van der Waals surface area contributed by atoms with Crippen LogP contribution in [-0.2, 0) is 0 Å². The molecule has 1 unspecified atom stereocenters. The number of hydrogen-bond acceptors (Lipinski definition) is 6. The van der Waals surface area contributed by atoms with E-state index >= 15 is 0 Å². The Kier molecular flexibility index (Phi) is 3.74. The first kappa shape index (κ1) is 13.4. The molecule has 2 N–H and O–H groups in total. The molecule has 3 rings (SSSR count). The first-order valence-corrected chi connectivity index (χ1v) is 6.73. The minimum atomic E-state index is 0.136. The second-order valence-corrected chi connectivity index (χ2v) is 4.89. The minimum absolute atomic E-state index is 0.136. The molecule has 7 heteroatoms. The van der Waals surface area contributed by atoms with Gasteiger partial charge in [0, 0.05) is 25.5 Å². The predicted molar refractivity (Wildman–Crippen MR) is 79.2 cm³/mol. The topological polar surface area (TPSA) is 88.8 Å². The Morgan fingerprint density at radius 2 is 2.10 bits per heavy atom. The van der Waals surface area contributed by atoms with Crippen molar-refractivity contribution < 1.29 is 5.11 Å². The molecule has 3 aromatic heterocycles. The number of aromatic nitrogens is 5. The average molecular weight is 284 g/mol. The van der Waals surface area contributed by atoms with Crippen molar-refractivity contribution in [2.75, 3.05) is 18.5 Å². The van der Waals surface area contributed by atoms with E-state index in [1.165, 1.54) is 6.33 Å². The summed E-state index contributed by atoms with van der Waals surface area (Å²) in [7, 11) is 0. The monoisotopic (exact) mass is 284 g/mol. The number of rotatable bonds is 5. The van der Waals surface area contributed by atoms with Crippen LogP contribution in [0.15, 0.2) is 37.1 Å². The number of hydrogen-bond donors (Lipinski definition) is 2. The summed E-state index contributed by atoms with van der Waals surface area (Å²) < 4.78 is 1.75. The maximum Gasteiger partial charge on any atom is 0.168 e. The van der Waals surface area contributed by atoms with Gasteiger partial charge < -0.3 is 10.4 Å². The van der Waals surface area contributed by atoms with Crippen molar-refractivity contribution in [1.29, 1.82) is 0 Å². The van der Waals surface area contributed by atoms with E-state index in [-0.39, 0.29) is 12.5 Å². The number of fused-ring (bicyclic) bond motifs is 1. The van der Waals surface area contributed by atoms with Crippen LogP contribution in [0.2, 0.25) is 0 Å². The molecule has 3 aromatic rings. The van der Waals surface area contributed by atoms with Gasteiger partial charge in [-0.15, -0.1) is 0 Å². The molecule has 108 valence electrons. The van der Waals surface area contributed by atoms with Crippen LogP contribution in [0.4, 0.5) is 5.82 Å². The molecule has 0 aromatic carbocycles. The number of pyridine rings is 1. The smallest absolute Gasteiger partial charge is 0.168 e. The van der Waals surface area contributed by atoms with Crippen molar-refractivity contribution >= 4 is 16.9 Å². The lowest BCUT2D eigenvalue weighted by Crippen LogP contribution is -2.15. The standard InChI is InChI=1S/C14H16N6O/c1-10(8-21)6-16-13-12-7-19-20(14(12)18-9-17-13)11-2-4-15-5-3-11/h2-5,7,9-10,21H,6,8H2,1H3,(H,16,17,18). The van der Waals surface area contributed by atoms with E-state index in [9.17, 15) is 0 Å². The van der Waals surface area contributed by atoms with Crippen LogP contribution in [0.1, 0.15) is 6.92 Å². The molecule has 0 saturated heterocycles. The van der Waals surface area contributed by atoms with Crippen molar-refractivity contribution in [3.8, 4) is 5.69 Å². The summed E-state index contributed by atoms with van der Waals surface area (Å²) >= 11 is 0. The quantitative estimate of drug-likeness (QED) is 0.733. The molecule has 0 radical (unpaired) electrons. The second-order valence-electron chi connectivity index (χ2n) is 4.89. The maximum absolute atomic E-state index is 9.08. The Labute approximate surface area is 121 Å². The van der Waals surface area contributed by atoms with Crippen molar-refractivity contribution in [1.82, 2.24) is 24.7 Å². The van der Waals surface area contributed by atoms with Crippen LogP contribution >= 0.6 is 0 Å². The molecule has 7 nitrogen and oxygen atoms in total. The first-order chi connectivity index (χ1) is 10.3. The third-order valence-electron chi connectivity index (χ3n) is 3.20. The van der Waals surface area contributed by atoms with Gasteiger partial charge in [-0.25, -0.2) is 14.6 Å². The Bertz CT molecular complexity index is 727. The summed E-state index contributed by atoms with van der Waals surface area (Å²) in [6.45, 7) is 2.74. The molecule has 0 aliphatic heterocycles. The van der Waals surface area contributed by atoms with E-state index in [2.05, 4.69) is 25.4 Å². The zero-order chi connectivity index (χ0) is 14.7. The van der Waals surface area contributed by atoms with Crippen LogP contribution in [0, 0.1) is 5.92 Å². The van der Waals surface area contributed by atoms with Gasteiger partial charge in [-0.05, 0) is 18.1 Å². The summed E-state index contributed by atoms with van der Waals surface area (Å²) in [6, 6.07) is 3.74. The second kappa shape index (κ2) is 5.84.